The van der Waals surface area contributed by atoms with Gasteiger partial charge in [0.05, 0.1) is 17.8 Å². The predicted octanol–water partition coefficient (Wildman–Crippen LogP) is 2.66. The van der Waals surface area contributed by atoms with Crippen molar-refractivity contribution in [1.29, 1.82) is 0 Å². The van der Waals surface area contributed by atoms with Crippen LogP contribution in [0.2, 0.25) is 0 Å². The molecule has 0 unspecified atom stereocenters. The van der Waals surface area contributed by atoms with Gasteiger partial charge in [-0.3, -0.25) is 13.9 Å². The summed E-state index contributed by atoms with van der Waals surface area (Å²) >= 11 is 0. The second-order valence-electron chi connectivity index (χ2n) is 6.51. The normalized spacial score (nSPS) is 15.3. The van der Waals surface area contributed by atoms with Crippen LogP contribution in [0.5, 0.6) is 0 Å². The van der Waals surface area contributed by atoms with Crippen molar-refractivity contribution in [3.05, 3.63) is 80.1 Å². The van der Waals surface area contributed by atoms with E-state index in [0.717, 1.165) is 5.56 Å². The number of benzene rings is 1. The van der Waals surface area contributed by atoms with Gasteiger partial charge in [-0.05, 0) is 11.6 Å². The van der Waals surface area contributed by atoms with Gasteiger partial charge in [0, 0.05) is 12.5 Å². The Kier molecular flexibility index (Phi) is 3.68. The molecule has 0 bridgehead atoms. The van der Waals surface area contributed by atoms with Crippen LogP contribution < -0.4 is 11.2 Å². The van der Waals surface area contributed by atoms with Crippen molar-refractivity contribution in [3.63, 3.8) is 0 Å². The van der Waals surface area contributed by atoms with Crippen LogP contribution in [0.15, 0.2) is 52.1 Å². The Morgan fingerprint density at radius 1 is 1.00 bits per heavy atom. The number of hydrogen-bond acceptors (Lipinski definition) is 2. The Bertz CT molecular complexity index is 913. The minimum Gasteiger partial charge on any atom is -0.296 e. The Morgan fingerprint density at radius 3 is 2.35 bits per heavy atom. The van der Waals surface area contributed by atoms with Gasteiger partial charge in [-0.25, -0.2) is 4.79 Å². The van der Waals surface area contributed by atoms with Crippen molar-refractivity contribution in [2.24, 2.45) is 12.5 Å². The Hall–Kier alpha value is -2.62. The van der Waals surface area contributed by atoms with Crippen LogP contribution in [0.3, 0.4) is 0 Å². The SMILES string of the molecule is Cn1c2c(c(=O)n(Cc3ccccc3)c1=O)C=CC(C)(C)C=C2. The Morgan fingerprint density at radius 2 is 1.65 bits per heavy atom. The molecule has 4 nitrogen and oxygen atoms in total. The Labute approximate surface area is 135 Å². The summed E-state index contributed by atoms with van der Waals surface area (Å²) in [5.74, 6) is 0. The van der Waals surface area contributed by atoms with Crippen LogP contribution in [-0.4, -0.2) is 9.13 Å². The maximum Gasteiger partial charge on any atom is 0.331 e. The lowest BCUT2D eigenvalue weighted by atomic mass is 9.93. The molecule has 0 amide bonds. The van der Waals surface area contributed by atoms with Crippen molar-refractivity contribution in [3.8, 4) is 0 Å². The lowest BCUT2D eigenvalue weighted by Gasteiger charge is -2.12. The van der Waals surface area contributed by atoms with Gasteiger partial charge in [0.2, 0.25) is 0 Å². The van der Waals surface area contributed by atoms with Gasteiger partial charge in [0.25, 0.3) is 5.56 Å². The molecule has 0 N–H and O–H groups in total. The lowest BCUT2D eigenvalue weighted by molar-refractivity contribution is 0.631. The molecule has 0 fully saturated rings. The highest BCUT2D eigenvalue weighted by atomic mass is 16.2. The summed E-state index contributed by atoms with van der Waals surface area (Å²) < 4.78 is 2.84. The number of rotatable bonds is 2. The molecule has 2 aromatic rings. The van der Waals surface area contributed by atoms with Crippen molar-refractivity contribution < 1.29 is 0 Å². The first-order valence-corrected chi connectivity index (χ1v) is 7.65. The van der Waals surface area contributed by atoms with Crippen LogP contribution in [-0.2, 0) is 13.6 Å². The van der Waals surface area contributed by atoms with Crippen LogP contribution in [0.4, 0.5) is 0 Å². The molecule has 0 saturated heterocycles. The molecule has 0 spiro atoms. The maximum atomic E-state index is 12.8. The van der Waals surface area contributed by atoms with E-state index in [1.807, 2.05) is 54.6 Å². The van der Waals surface area contributed by atoms with E-state index in [1.165, 1.54) is 4.57 Å². The van der Waals surface area contributed by atoms with E-state index in [9.17, 15) is 9.59 Å². The van der Waals surface area contributed by atoms with Gasteiger partial charge >= 0.3 is 5.69 Å². The highest BCUT2D eigenvalue weighted by molar-refractivity contribution is 5.65. The second-order valence-corrected chi connectivity index (χ2v) is 6.51. The minimum absolute atomic E-state index is 0.147. The molecule has 0 radical (unpaired) electrons. The lowest BCUT2D eigenvalue weighted by Crippen LogP contribution is -2.41. The monoisotopic (exact) mass is 308 g/mol. The first-order valence-electron chi connectivity index (χ1n) is 7.65. The van der Waals surface area contributed by atoms with E-state index in [1.54, 1.807) is 11.6 Å². The maximum absolute atomic E-state index is 12.8. The van der Waals surface area contributed by atoms with E-state index in [4.69, 9.17) is 0 Å². The summed E-state index contributed by atoms with van der Waals surface area (Å²) in [5.41, 5.74) is 1.46. The molecule has 23 heavy (non-hydrogen) atoms. The van der Waals surface area contributed by atoms with Crippen molar-refractivity contribution in [1.82, 2.24) is 9.13 Å². The van der Waals surface area contributed by atoms with Crippen molar-refractivity contribution in [2.45, 2.75) is 20.4 Å². The predicted molar refractivity (Wildman–Crippen MR) is 93.3 cm³/mol. The van der Waals surface area contributed by atoms with Crippen LogP contribution in [0.25, 0.3) is 12.2 Å². The summed E-state index contributed by atoms with van der Waals surface area (Å²) in [5, 5.41) is 0. The summed E-state index contributed by atoms with van der Waals surface area (Å²) in [6, 6.07) is 9.54. The zero-order valence-corrected chi connectivity index (χ0v) is 13.6. The molecule has 3 rings (SSSR count). The Balaban J connectivity index is 2.21. The fraction of sp³-hybridized carbons (Fsp3) is 0.263. The molecule has 118 valence electrons. The van der Waals surface area contributed by atoms with Crippen molar-refractivity contribution in [2.75, 3.05) is 0 Å². The van der Waals surface area contributed by atoms with Gasteiger partial charge in [-0.1, -0.05) is 62.4 Å². The second kappa shape index (κ2) is 5.54. The first kappa shape index (κ1) is 15.3. The molecule has 1 aromatic carbocycles. The van der Waals surface area contributed by atoms with Crippen molar-refractivity contribution >= 4 is 12.2 Å². The fourth-order valence-corrected chi connectivity index (χ4v) is 2.72. The van der Waals surface area contributed by atoms with E-state index >= 15 is 0 Å². The van der Waals surface area contributed by atoms with E-state index in [0.29, 0.717) is 11.3 Å². The van der Waals surface area contributed by atoms with Gasteiger partial charge in [0.1, 0.15) is 0 Å². The first-order chi connectivity index (χ1) is 10.9. The molecule has 0 atom stereocenters. The number of fused-ring (bicyclic) bond motifs is 1. The standard InChI is InChI=1S/C19H20N2O2/c1-19(2)11-9-15-16(10-12-19)20(3)18(23)21(17(15)22)13-14-7-5-4-6-8-14/h4-12H,13H2,1-3H3. The number of hydrogen-bond donors (Lipinski definition) is 0. The molecule has 0 saturated carbocycles. The molecule has 1 heterocycles. The zero-order valence-electron chi connectivity index (χ0n) is 13.6. The third-order valence-corrected chi connectivity index (χ3v) is 4.16. The van der Waals surface area contributed by atoms with E-state index < -0.39 is 0 Å². The van der Waals surface area contributed by atoms with Crippen LogP contribution in [0, 0.1) is 5.41 Å². The molecular formula is C19H20N2O2. The topological polar surface area (TPSA) is 44.0 Å². The number of aromatic nitrogens is 2. The van der Waals surface area contributed by atoms with Gasteiger partial charge in [0.15, 0.2) is 0 Å². The third kappa shape index (κ3) is 2.84. The zero-order chi connectivity index (χ0) is 16.6. The average molecular weight is 308 g/mol. The molecular weight excluding hydrogens is 288 g/mol. The molecule has 1 aliphatic carbocycles. The summed E-state index contributed by atoms with van der Waals surface area (Å²) in [6.45, 7) is 4.40. The quantitative estimate of drug-likeness (QED) is 0.856. The largest absolute Gasteiger partial charge is 0.331 e. The summed E-state index contributed by atoms with van der Waals surface area (Å²) in [7, 11) is 1.71. The summed E-state index contributed by atoms with van der Waals surface area (Å²) in [6.07, 6.45) is 7.70. The van der Waals surface area contributed by atoms with Gasteiger partial charge in [-0.2, -0.15) is 0 Å². The van der Waals surface area contributed by atoms with E-state index in [2.05, 4.69) is 13.8 Å². The molecule has 1 aliphatic rings. The minimum atomic E-state index is -0.296. The molecule has 4 heteroatoms. The number of nitrogens with zero attached hydrogens (tertiary/aromatic N) is 2. The highest BCUT2D eigenvalue weighted by Crippen LogP contribution is 2.25. The van der Waals surface area contributed by atoms with Gasteiger partial charge in [-0.15, -0.1) is 0 Å². The number of allylic oxidation sites excluding steroid dienone is 2. The smallest absolute Gasteiger partial charge is 0.296 e. The molecule has 0 aliphatic heterocycles. The fourth-order valence-electron chi connectivity index (χ4n) is 2.72. The highest BCUT2D eigenvalue weighted by Gasteiger charge is 2.19. The average Bonchev–Trinajstić information content (AvgIpc) is 2.69. The van der Waals surface area contributed by atoms with Crippen LogP contribution in [0.1, 0.15) is 30.7 Å². The van der Waals surface area contributed by atoms with Gasteiger partial charge < -0.3 is 0 Å². The third-order valence-electron chi connectivity index (χ3n) is 4.16. The molecule has 1 aromatic heterocycles. The van der Waals surface area contributed by atoms with E-state index in [-0.39, 0.29) is 23.2 Å². The summed E-state index contributed by atoms with van der Waals surface area (Å²) in [4.78, 5) is 25.4. The van der Waals surface area contributed by atoms with Crippen LogP contribution >= 0.6 is 0 Å².